The number of hydrogen-bond acceptors (Lipinski definition) is 3. The van der Waals surface area contributed by atoms with Crippen LogP contribution < -0.4 is 0 Å². The molecule has 0 unspecified atom stereocenters. The number of allylic oxidation sites excluding steroid dienone is 1. The van der Waals surface area contributed by atoms with Gasteiger partial charge in [-0.2, -0.15) is 0 Å². The van der Waals surface area contributed by atoms with Gasteiger partial charge in [0.15, 0.2) is 5.78 Å². The van der Waals surface area contributed by atoms with Crippen LogP contribution in [0.1, 0.15) is 6.92 Å². The summed E-state index contributed by atoms with van der Waals surface area (Å²) in [7, 11) is 0. The van der Waals surface area contributed by atoms with Crippen LogP contribution in [0, 0.1) is 0 Å². The van der Waals surface area contributed by atoms with Crippen molar-refractivity contribution in [3.63, 3.8) is 0 Å². The van der Waals surface area contributed by atoms with Crippen molar-refractivity contribution in [3.8, 4) is 0 Å². The van der Waals surface area contributed by atoms with E-state index in [1.54, 1.807) is 11.8 Å². The molecule has 0 aromatic carbocycles. The molecular weight excluding hydrogens is 148 g/mol. The van der Waals surface area contributed by atoms with E-state index in [0.29, 0.717) is 5.75 Å². The molecule has 0 aromatic rings. The summed E-state index contributed by atoms with van der Waals surface area (Å²) in [6.45, 7) is 2.18. The summed E-state index contributed by atoms with van der Waals surface area (Å²) < 4.78 is 5.16. The molecular formula is C7H10O2S. The van der Waals surface area contributed by atoms with Crippen molar-refractivity contribution < 1.29 is 9.53 Å². The zero-order valence-electron chi connectivity index (χ0n) is 5.92. The first kappa shape index (κ1) is 7.66. The van der Waals surface area contributed by atoms with Crippen molar-refractivity contribution in [1.82, 2.24) is 0 Å². The molecule has 1 heterocycles. The van der Waals surface area contributed by atoms with Gasteiger partial charge in [0.25, 0.3) is 0 Å². The number of thioether (sulfide) groups is 1. The van der Waals surface area contributed by atoms with E-state index in [1.165, 1.54) is 0 Å². The van der Waals surface area contributed by atoms with E-state index in [2.05, 4.69) is 0 Å². The average molecular weight is 158 g/mol. The third-order valence-corrected chi connectivity index (χ3v) is 2.26. The molecule has 1 aliphatic heterocycles. The zero-order chi connectivity index (χ0) is 7.40. The van der Waals surface area contributed by atoms with Crippen LogP contribution >= 0.6 is 11.8 Å². The lowest BCUT2D eigenvalue weighted by Gasteiger charge is -2.01. The zero-order valence-corrected chi connectivity index (χ0v) is 6.74. The minimum Gasteiger partial charge on any atom is -0.490 e. The molecule has 0 atom stereocenters. The molecule has 1 rings (SSSR count). The van der Waals surface area contributed by atoms with E-state index in [0.717, 1.165) is 11.5 Å². The highest BCUT2D eigenvalue weighted by Gasteiger charge is 2.10. The Morgan fingerprint density at radius 2 is 2.40 bits per heavy atom. The molecule has 0 amide bonds. The van der Waals surface area contributed by atoms with E-state index >= 15 is 0 Å². The number of carbonyl (C=O) groups excluding carboxylic acids is 1. The molecule has 0 aromatic heterocycles. The second-order valence-corrected chi connectivity index (χ2v) is 3.06. The molecule has 56 valence electrons. The predicted octanol–water partition coefficient (Wildman–Crippen LogP) is 1.22. The van der Waals surface area contributed by atoms with Crippen LogP contribution in [0.15, 0.2) is 11.8 Å². The summed E-state index contributed by atoms with van der Waals surface area (Å²) in [5, 5.41) is 0. The number of ketones is 1. The van der Waals surface area contributed by atoms with Crippen molar-refractivity contribution in [1.29, 1.82) is 0 Å². The lowest BCUT2D eigenvalue weighted by Crippen LogP contribution is -2.06. The fourth-order valence-electron chi connectivity index (χ4n) is 0.689. The number of carbonyl (C=O) groups is 1. The monoisotopic (exact) mass is 158 g/mol. The first-order chi connectivity index (χ1) is 4.83. The highest BCUT2D eigenvalue weighted by molar-refractivity contribution is 8.00. The maximum absolute atomic E-state index is 10.8. The van der Waals surface area contributed by atoms with Crippen LogP contribution in [-0.4, -0.2) is 23.9 Å². The van der Waals surface area contributed by atoms with Gasteiger partial charge >= 0.3 is 0 Å². The Kier molecular flexibility index (Phi) is 2.81. The molecule has 1 saturated heterocycles. The van der Waals surface area contributed by atoms with Gasteiger partial charge < -0.3 is 4.74 Å². The first-order valence-corrected chi connectivity index (χ1v) is 4.36. The number of hydrogen-bond donors (Lipinski definition) is 0. The van der Waals surface area contributed by atoms with Gasteiger partial charge in [0, 0.05) is 0 Å². The summed E-state index contributed by atoms with van der Waals surface area (Å²) in [5.41, 5.74) is 0. The van der Waals surface area contributed by atoms with E-state index in [4.69, 9.17) is 4.74 Å². The molecule has 0 N–H and O–H groups in total. The van der Waals surface area contributed by atoms with Crippen LogP contribution in [0.25, 0.3) is 0 Å². The fraction of sp³-hybridized carbons (Fsp3) is 0.571. The molecule has 10 heavy (non-hydrogen) atoms. The largest absolute Gasteiger partial charge is 0.490 e. The number of rotatable bonds is 0. The minimum absolute atomic E-state index is 0.182. The molecule has 0 aliphatic carbocycles. The SMILES string of the molecule is CC=C1CSCC(=O)CO1. The Balaban J connectivity index is 2.48. The Labute approximate surface area is 64.6 Å². The standard InChI is InChI=1S/C7H10O2S/c1-2-7-5-10-4-6(8)3-9-7/h2H,3-5H2,1H3. The van der Waals surface area contributed by atoms with E-state index in [9.17, 15) is 4.79 Å². The topological polar surface area (TPSA) is 26.3 Å². The van der Waals surface area contributed by atoms with Gasteiger partial charge in [-0.25, -0.2) is 0 Å². The Hall–Kier alpha value is -0.440. The lowest BCUT2D eigenvalue weighted by atomic mass is 10.5. The van der Waals surface area contributed by atoms with Crippen molar-refractivity contribution in [2.24, 2.45) is 0 Å². The molecule has 1 fully saturated rings. The van der Waals surface area contributed by atoms with Crippen molar-refractivity contribution in [2.45, 2.75) is 6.92 Å². The minimum atomic E-state index is 0.182. The maximum atomic E-state index is 10.8. The first-order valence-electron chi connectivity index (χ1n) is 3.20. The quantitative estimate of drug-likeness (QED) is 0.530. The van der Waals surface area contributed by atoms with Crippen LogP contribution in [0.2, 0.25) is 0 Å². The van der Waals surface area contributed by atoms with Crippen LogP contribution in [0.4, 0.5) is 0 Å². The van der Waals surface area contributed by atoms with Gasteiger partial charge in [0.2, 0.25) is 0 Å². The van der Waals surface area contributed by atoms with Crippen molar-refractivity contribution in [2.75, 3.05) is 18.1 Å². The average Bonchev–Trinajstić information content (AvgIpc) is 2.14. The Morgan fingerprint density at radius 3 is 3.10 bits per heavy atom. The smallest absolute Gasteiger partial charge is 0.180 e. The maximum Gasteiger partial charge on any atom is 0.180 e. The van der Waals surface area contributed by atoms with Crippen LogP contribution in [0.3, 0.4) is 0 Å². The van der Waals surface area contributed by atoms with E-state index in [-0.39, 0.29) is 12.4 Å². The van der Waals surface area contributed by atoms with Gasteiger partial charge in [-0.15, -0.1) is 11.8 Å². The van der Waals surface area contributed by atoms with Gasteiger partial charge in [-0.1, -0.05) is 0 Å². The van der Waals surface area contributed by atoms with Gasteiger partial charge in [0.1, 0.15) is 12.4 Å². The van der Waals surface area contributed by atoms with Gasteiger partial charge in [-0.05, 0) is 13.0 Å². The van der Waals surface area contributed by atoms with Crippen molar-refractivity contribution in [3.05, 3.63) is 11.8 Å². The molecule has 3 heteroatoms. The van der Waals surface area contributed by atoms with Gasteiger partial charge in [0.05, 0.1) is 11.5 Å². The second kappa shape index (κ2) is 3.66. The third-order valence-electron chi connectivity index (χ3n) is 1.25. The Bertz CT molecular complexity index is 163. The Morgan fingerprint density at radius 1 is 1.60 bits per heavy atom. The molecule has 0 saturated carbocycles. The summed E-state index contributed by atoms with van der Waals surface area (Å²) >= 11 is 1.61. The second-order valence-electron chi connectivity index (χ2n) is 2.08. The third kappa shape index (κ3) is 2.06. The summed E-state index contributed by atoms with van der Waals surface area (Å²) in [5.74, 6) is 2.54. The van der Waals surface area contributed by atoms with Crippen LogP contribution in [-0.2, 0) is 9.53 Å². The normalized spacial score (nSPS) is 24.1. The van der Waals surface area contributed by atoms with E-state index < -0.39 is 0 Å². The molecule has 0 spiro atoms. The summed E-state index contributed by atoms with van der Waals surface area (Å²) in [4.78, 5) is 10.8. The fourth-order valence-corrected chi connectivity index (χ4v) is 1.55. The van der Waals surface area contributed by atoms with Crippen molar-refractivity contribution >= 4 is 17.5 Å². The molecule has 1 aliphatic rings. The predicted molar refractivity (Wildman–Crippen MR) is 42.0 cm³/mol. The molecule has 0 bridgehead atoms. The van der Waals surface area contributed by atoms with Crippen LogP contribution in [0.5, 0.6) is 0 Å². The van der Waals surface area contributed by atoms with E-state index in [1.807, 2.05) is 13.0 Å². The highest BCUT2D eigenvalue weighted by Crippen LogP contribution is 2.13. The molecule has 2 nitrogen and oxygen atoms in total. The number of ether oxygens (including phenoxy) is 1. The summed E-state index contributed by atoms with van der Waals surface area (Å²) in [6, 6.07) is 0. The molecule has 0 radical (unpaired) electrons. The van der Waals surface area contributed by atoms with Gasteiger partial charge in [-0.3, -0.25) is 4.79 Å². The summed E-state index contributed by atoms with van der Waals surface area (Å²) in [6.07, 6.45) is 1.91. The number of Topliss-reactive ketones (excluding diaryl/α,β-unsaturated/α-hetero) is 1. The highest BCUT2D eigenvalue weighted by atomic mass is 32.2. The lowest BCUT2D eigenvalue weighted by molar-refractivity contribution is -0.119.